The van der Waals surface area contributed by atoms with E-state index in [1.807, 2.05) is 0 Å². The molecule has 0 aliphatic carbocycles. The maximum atomic E-state index is 5.57. The van der Waals surface area contributed by atoms with Gasteiger partial charge >= 0.3 is 0 Å². The van der Waals surface area contributed by atoms with Gasteiger partial charge in [0.25, 0.3) is 0 Å². The molecule has 1 aliphatic heterocycles. The number of ether oxygens (including phenoxy) is 1. The fourth-order valence-corrected chi connectivity index (χ4v) is 1.92. The first-order valence-corrected chi connectivity index (χ1v) is 5.46. The van der Waals surface area contributed by atoms with Crippen LogP contribution in [0.2, 0.25) is 0 Å². The third-order valence-electron chi connectivity index (χ3n) is 3.02. The smallest absolute Gasteiger partial charge is 0.103 e. The molecule has 3 heteroatoms. The number of nitrogens with one attached hydrogen (secondary N) is 1. The zero-order valence-corrected chi connectivity index (χ0v) is 9.12. The Kier molecular flexibility index (Phi) is 3.05. The summed E-state index contributed by atoms with van der Waals surface area (Å²) in [5.74, 6) is 5.57. The second kappa shape index (κ2) is 4.31. The molecule has 1 heterocycles. The van der Waals surface area contributed by atoms with Gasteiger partial charge in [-0.05, 0) is 17.5 Å². The highest BCUT2D eigenvalue weighted by Gasteiger charge is 2.39. The second-order valence-corrected chi connectivity index (χ2v) is 4.17. The van der Waals surface area contributed by atoms with Gasteiger partial charge in [0.05, 0.1) is 13.2 Å². The molecular formula is C12H18N2O. The number of hydrogen-bond acceptors (Lipinski definition) is 3. The topological polar surface area (TPSA) is 47.3 Å². The lowest BCUT2D eigenvalue weighted by atomic mass is 9.88. The molecule has 0 unspecified atom stereocenters. The van der Waals surface area contributed by atoms with Crippen molar-refractivity contribution in [2.45, 2.75) is 25.3 Å². The van der Waals surface area contributed by atoms with Crippen molar-refractivity contribution in [3.63, 3.8) is 0 Å². The molecule has 1 aromatic rings. The lowest BCUT2D eigenvalue weighted by molar-refractivity contribution is -0.0786. The highest BCUT2D eigenvalue weighted by atomic mass is 16.5. The summed E-state index contributed by atoms with van der Waals surface area (Å²) in [5, 5.41) is 0. The molecular weight excluding hydrogens is 188 g/mol. The first kappa shape index (κ1) is 10.6. The van der Waals surface area contributed by atoms with Gasteiger partial charge in [-0.2, -0.15) is 0 Å². The molecule has 0 aromatic heterocycles. The van der Waals surface area contributed by atoms with Crippen LogP contribution in [-0.4, -0.2) is 13.2 Å². The second-order valence-electron chi connectivity index (χ2n) is 4.17. The minimum absolute atomic E-state index is 0.148. The van der Waals surface area contributed by atoms with Crippen molar-refractivity contribution in [1.82, 2.24) is 5.43 Å². The summed E-state index contributed by atoms with van der Waals surface area (Å²) in [6.45, 7) is 3.52. The molecule has 0 radical (unpaired) electrons. The molecule has 3 N–H and O–H groups in total. The van der Waals surface area contributed by atoms with Crippen LogP contribution in [0.25, 0.3) is 0 Å². The molecule has 0 spiro atoms. The van der Waals surface area contributed by atoms with Crippen LogP contribution in [0.4, 0.5) is 0 Å². The Labute approximate surface area is 90.6 Å². The Morgan fingerprint density at radius 2 is 2.00 bits per heavy atom. The van der Waals surface area contributed by atoms with Crippen LogP contribution in [-0.2, 0) is 16.7 Å². The summed E-state index contributed by atoms with van der Waals surface area (Å²) in [4.78, 5) is 0. The zero-order valence-electron chi connectivity index (χ0n) is 9.12. The Morgan fingerprint density at radius 3 is 2.40 bits per heavy atom. The first-order chi connectivity index (χ1) is 7.30. The predicted octanol–water partition coefficient (Wildman–Crippen LogP) is 1.33. The average Bonchev–Trinajstić information content (AvgIpc) is 2.20. The van der Waals surface area contributed by atoms with Crippen LogP contribution in [0.15, 0.2) is 24.3 Å². The van der Waals surface area contributed by atoms with Crippen LogP contribution >= 0.6 is 0 Å². The summed E-state index contributed by atoms with van der Waals surface area (Å²) >= 11 is 0. The van der Waals surface area contributed by atoms with Gasteiger partial charge in [0.1, 0.15) is 5.54 Å². The van der Waals surface area contributed by atoms with Gasteiger partial charge in [-0.1, -0.05) is 37.6 Å². The largest absolute Gasteiger partial charge is 0.377 e. The molecule has 1 aliphatic rings. The van der Waals surface area contributed by atoms with Crippen molar-refractivity contribution >= 4 is 0 Å². The van der Waals surface area contributed by atoms with E-state index in [4.69, 9.17) is 10.6 Å². The van der Waals surface area contributed by atoms with E-state index in [1.165, 1.54) is 17.5 Å². The molecule has 1 saturated heterocycles. The van der Waals surface area contributed by atoms with Gasteiger partial charge in [0.15, 0.2) is 0 Å². The van der Waals surface area contributed by atoms with Gasteiger partial charge in [-0.15, -0.1) is 0 Å². The molecule has 0 bridgehead atoms. The van der Waals surface area contributed by atoms with Gasteiger partial charge in [0.2, 0.25) is 0 Å². The molecule has 82 valence electrons. The summed E-state index contributed by atoms with van der Waals surface area (Å²) in [6.07, 6.45) is 2.32. The molecule has 2 rings (SSSR count). The van der Waals surface area contributed by atoms with E-state index < -0.39 is 0 Å². The number of hydrazine groups is 1. The van der Waals surface area contributed by atoms with Crippen molar-refractivity contribution < 1.29 is 4.74 Å². The highest BCUT2D eigenvalue weighted by Crippen LogP contribution is 2.28. The number of nitrogens with two attached hydrogens (primary N) is 1. The Hall–Kier alpha value is -0.900. The van der Waals surface area contributed by atoms with E-state index in [0.717, 1.165) is 6.42 Å². The van der Waals surface area contributed by atoms with E-state index in [-0.39, 0.29) is 5.54 Å². The normalized spacial score (nSPS) is 18.5. The van der Waals surface area contributed by atoms with Gasteiger partial charge < -0.3 is 4.74 Å². The van der Waals surface area contributed by atoms with Gasteiger partial charge in [-0.25, -0.2) is 5.43 Å². The number of benzene rings is 1. The van der Waals surface area contributed by atoms with Gasteiger partial charge in [0, 0.05) is 0 Å². The third-order valence-corrected chi connectivity index (χ3v) is 3.02. The Bertz CT molecular complexity index is 311. The highest BCUT2D eigenvalue weighted by molar-refractivity contribution is 5.30. The summed E-state index contributed by atoms with van der Waals surface area (Å²) < 4.78 is 5.22. The molecule has 1 aromatic carbocycles. The summed E-state index contributed by atoms with van der Waals surface area (Å²) in [6, 6.07) is 8.65. The minimum Gasteiger partial charge on any atom is -0.377 e. The quantitative estimate of drug-likeness (QED) is 0.577. The first-order valence-electron chi connectivity index (χ1n) is 5.46. The molecule has 1 fully saturated rings. The lowest BCUT2D eigenvalue weighted by Gasteiger charge is -2.41. The van der Waals surface area contributed by atoms with E-state index in [1.54, 1.807) is 0 Å². The van der Waals surface area contributed by atoms with Crippen molar-refractivity contribution in [2.75, 3.05) is 13.2 Å². The predicted molar refractivity (Wildman–Crippen MR) is 60.3 cm³/mol. The van der Waals surface area contributed by atoms with Crippen LogP contribution in [0.5, 0.6) is 0 Å². The molecule has 0 amide bonds. The van der Waals surface area contributed by atoms with Crippen molar-refractivity contribution in [3.05, 3.63) is 35.4 Å². The lowest BCUT2D eigenvalue weighted by Crippen LogP contribution is -2.60. The number of aryl methyl sites for hydroxylation is 1. The Balaban J connectivity index is 2.15. The fraction of sp³-hybridized carbons (Fsp3) is 0.500. The summed E-state index contributed by atoms with van der Waals surface area (Å²) in [7, 11) is 0. The number of rotatable bonds is 4. The van der Waals surface area contributed by atoms with Crippen LogP contribution in [0.1, 0.15) is 24.5 Å². The number of hydrogen-bond donors (Lipinski definition) is 2. The zero-order chi connectivity index (χ0) is 10.7. The van der Waals surface area contributed by atoms with Crippen LogP contribution in [0.3, 0.4) is 0 Å². The van der Waals surface area contributed by atoms with Crippen molar-refractivity contribution in [2.24, 2.45) is 5.84 Å². The fourth-order valence-electron chi connectivity index (χ4n) is 1.92. The van der Waals surface area contributed by atoms with E-state index >= 15 is 0 Å². The van der Waals surface area contributed by atoms with E-state index in [2.05, 4.69) is 36.6 Å². The van der Waals surface area contributed by atoms with Crippen molar-refractivity contribution in [3.8, 4) is 0 Å². The SMILES string of the molecule is CCCc1ccc(C2(NN)COC2)cc1. The maximum Gasteiger partial charge on any atom is 0.103 e. The van der Waals surface area contributed by atoms with E-state index in [0.29, 0.717) is 13.2 Å². The summed E-state index contributed by atoms with van der Waals surface area (Å²) in [5.41, 5.74) is 5.31. The molecule has 15 heavy (non-hydrogen) atoms. The monoisotopic (exact) mass is 206 g/mol. The standard InChI is InChI=1S/C12H18N2O/c1-2-3-10-4-6-11(7-5-10)12(14-13)8-15-9-12/h4-7,14H,2-3,8-9,13H2,1H3. The van der Waals surface area contributed by atoms with Crippen molar-refractivity contribution in [1.29, 1.82) is 0 Å². The van der Waals surface area contributed by atoms with Gasteiger partial charge in [-0.3, -0.25) is 5.84 Å². The Morgan fingerprint density at radius 1 is 1.33 bits per heavy atom. The molecule has 0 saturated carbocycles. The van der Waals surface area contributed by atoms with E-state index in [9.17, 15) is 0 Å². The van der Waals surface area contributed by atoms with Crippen LogP contribution in [0, 0.1) is 0 Å². The molecule has 3 nitrogen and oxygen atoms in total. The van der Waals surface area contributed by atoms with Crippen LogP contribution < -0.4 is 11.3 Å². The average molecular weight is 206 g/mol. The maximum absolute atomic E-state index is 5.57. The minimum atomic E-state index is -0.148. The molecule has 0 atom stereocenters. The third kappa shape index (κ3) is 1.91.